The lowest BCUT2D eigenvalue weighted by Crippen LogP contribution is -2.25. The number of halogens is 2. The van der Waals surface area contributed by atoms with Crippen LogP contribution in [0.15, 0.2) is 30.6 Å². The summed E-state index contributed by atoms with van der Waals surface area (Å²) in [6, 6.07) is 3.71. The Balaban J connectivity index is 2.37. The molecule has 2 N–H and O–H groups in total. The summed E-state index contributed by atoms with van der Waals surface area (Å²) in [4.78, 5) is 7.04. The van der Waals surface area contributed by atoms with Crippen LogP contribution in [0.1, 0.15) is 30.8 Å². The van der Waals surface area contributed by atoms with E-state index >= 15 is 0 Å². The van der Waals surface area contributed by atoms with Crippen LogP contribution in [-0.4, -0.2) is 16.5 Å². The second kappa shape index (κ2) is 5.73. The molecule has 0 amide bonds. The summed E-state index contributed by atoms with van der Waals surface area (Å²) in [5.41, 5.74) is 0.262. The standard InChI is InChI=1S/C13H15F2N3/c1-2-6-16-12(13-17-7-8-18-13)9-4-3-5-10(14)11(9)15/h3-5,7-8,12,16H,2,6H2,1H3,(H,17,18). The van der Waals surface area contributed by atoms with Crippen LogP contribution in [0.25, 0.3) is 0 Å². The predicted octanol–water partition coefficient (Wildman–Crippen LogP) is 2.78. The molecular weight excluding hydrogens is 236 g/mol. The third kappa shape index (κ3) is 2.56. The van der Waals surface area contributed by atoms with Crippen LogP contribution >= 0.6 is 0 Å². The molecule has 0 spiro atoms. The largest absolute Gasteiger partial charge is 0.347 e. The first kappa shape index (κ1) is 12.7. The molecule has 5 heteroatoms. The minimum absolute atomic E-state index is 0.262. The number of hydrogen-bond donors (Lipinski definition) is 2. The number of rotatable bonds is 5. The normalized spacial score (nSPS) is 12.6. The molecule has 1 aromatic carbocycles. The first-order valence-electron chi connectivity index (χ1n) is 5.90. The summed E-state index contributed by atoms with van der Waals surface area (Å²) in [6.07, 6.45) is 4.15. The van der Waals surface area contributed by atoms with E-state index in [2.05, 4.69) is 15.3 Å². The number of aromatic amines is 1. The van der Waals surface area contributed by atoms with Crippen LogP contribution < -0.4 is 5.32 Å². The molecule has 0 aliphatic carbocycles. The fourth-order valence-electron chi connectivity index (χ4n) is 1.82. The lowest BCUT2D eigenvalue weighted by molar-refractivity contribution is 0.475. The summed E-state index contributed by atoms with van der Waals surface area (Å²) >= 11 is 0. The molecule has 96 valence electrons. The van der Waals surface area contributed by atoms with Gasteiger partial charge in [-0.25, -0.2) is 13.8 Å². The van der Waals surface area contributed by atoms with Gasteiger partial charge in [-0.15, -0.1) is 0 Å². The van der Waals surface area contributed by atoms with Crippen molar-refractivity contribution in [1.29, 1.82) is 0 Å². The van der Waals surface area contributed by atoms with Gasteiger partial charge in [-0.3, -0.25) is 0 Å². The molecule has 0 fully saturated rings. The molecule has 1 atom stereocenters. The van der Waals surface area contributed by atoms with Gasteiger partial charge in [-0.1, -0.05) is 19.1 Å². The molecule has 3 nitrogen and oxygen atoms in total. The second-order valence-corrected chi connectivity index (χ2v) is 4.00. The van der Waals surface area contributed by atoms with E-state index in [1.165, 1.54) is 6.07 Å². The van der Waals surface area contributed by atoms with Crippen molar-refractivity contribution in [3.8, 4) is 0 Å². The molecule has 1 unspecified atom stereocenters. The van der Waals surface area contributed by atoms with Crippen LogP contribution in [0.4, 0.5) is 8.78 Å². The summed E-state index contributed by atoms with van der Waals surface area (Å²) < 4.78 is 27.1. The van der Waals surface area contributed by atoms with Crippen molar-refractivity contribution < 1.29 is 8.78 Å². The van der Waals surface area contributed by atoms with Gasteiger partial charge in [0.15, 0.2) is 11.6 Å². The Labute approximate surface area is 104 Å². The number of aromatic nitrogens is 2. The third-order valence-electron chi connectivity index (χ3n) is 2.68. The monoisotopic (exact) mass is 251 g/mol. The van der Waals surface area contributed by atoms with Gasteiger partial charge in [0.2, 0.25) is 0 Å². The topological polar surface area (TPSA) is 40.7 Å². The van der Waals surface area contributed by atoms with E-state index in [1.54, 1.807) is 18.5 Å². The fraction of sp³-hybridized carbons (Fsp3) is 0.308. The van der Waals surface area contributed by atoms with Gasteiger partial charge >= 0.3 is 0 Å². The van der Waals surface area contributed by atoms with E-state index in [-0.39, 0.29) is 5.56 Å². The Morgan fingerprint density at radius 1 is 1.39 bits per heavy atom. The smallest absolute Gasteiger partial charge is 0.164 e. The molecule has 2 rings (SSSR count). The van der Waals surface area contributed by atoms with Crippen molar-refractivity contribution >= 4 is 0 Å². The van der Waals surface area contributed by atoms with E-state index < -0.39 is 17.7 Å². The highest BCUT2D eigenvalue weighted by molar-refractivity contribution is 5.27. The summed E-state index contributed by atoms with van der Waals surface area (Å²) in [7, 11) is 0. The van der Waals surface area contributed by atoms with Crippen molar-refractivity contribution in [3.05, 3.63) is 53.6 Å². The van der Waals surface area contributed by atoms with Gasteiger partial charge in [-0.2, -0.15) is 0 Å². The van der Waals surface area contributed by atoms with Crippen LogP contribution in [0.5, 0.6) is 0 Å². The van der Waals surface area contributed by atoms with Gasteiger partial charge in [0, 0.05) is 18.0 Å². The summed E-state index contributed by atoms with van der Waals surface area (Å²) in [5.74, 6) is -1.10. The van der Waals surface area contributed by atoms with Crippen LogP contribution in [0, 0.1) is 11.6 Å². The number of nitrogens with zero attached hydrogens (tertiary/aromatic N) is 1. The molecule has 0 bridgehead atoms. The fourth-order valence-corrected chi connectivity index (χ4v) is 1.82. The molecule has 1 aromatic heterocycles. The highest BCUT2D eigenvalue weighted by atomic mass is 19.2. The average Bonchev–Trinajstić information content (AvgIpc) is 2.88. The Morgan fingerprint density at radius 2 is 2.22 bits per heavy atom. The van der Waals surface area contributed by atoms with E-state index in [9.17, 15) is 8.78 Å². The van der Waals surface area contributed by atoms with Crippen molar-refractivity contribution in [1.82, 2.24) is 15.3 Å². The molecule has 0 aliphatic heterocycles. The molecule has 1 heterocycles. The molecule has 18 heavy (non-hydrogen) atoms. The SMILES string of the molecule is CCCNC(c1ncc[nH]1)c1cccc(F)c1F. The van der Waals surface area contributed by atoms with E-state index in [0.29, 0.717) is 12.4 Å². The highest BCUT2D eigenvalue weighted by Crippen LogP contribution is 2.23. The lowest BCUT2D eigenvalue weighted by Gasteiger charge is -2.17. The summed E-state index contributed by atoms with van der Waals surface area (Å²) in [5, 5.41) is 3.16. The van der Waals surface area contributed by atoms with E-state index in [4.69, 9.17) is 0 Å². The van der Waals surface area contributed by atoms with E-state index in [1.807, 2.05) is 6.92 Å². The molecule has 0 saturated carbocycles. The maximum atomic E-state index is 13.8. The zero-order valence-corrected chi connectivity index (χ0v) is 10.1. The Hall–Kier alpha value is -1.75. The number of H-pyrrole nitrogens is 1. The number of nitrogens with one attached hydrogen (secondary N) is 2. The molecule has 2 aromatic rings. The van der Waals surface area contributed by atoms with Crippen molar-refractivity contribution in [2.45, 2.75) is 19.4 Å². The first-order chi connectivity index (χ1) is 8.74. The minimum atomic E-state index is -0.845. The third-order valence-corrected chi connectivity index (χ3v) is 2.68. The van der Waals surface area contributed by atoms with Crippen molar-refractivity contribution in [3.63, 3.8) is 0 Å². The Bertz CT molecular complexity index is 497. The summed E-state index contributed by atoms with van der Waals surface area (Å²) in [6.45, 7) is 2.70. The molecule has 0 radical (unpaired) electrons. The van der Waals surface area contributed by atoms with Gasteiger partial charge in [0.25, 0.3) is 0 Å². The number of benzene rings is 1. The van der Waals surface area contributed by atoms with Gasteiger partial charge in [-0.05, 0) is 19.0 Å². The minimum Gasteiger partial charge on any atom is -0.347 e. The van der Waals surface area contributed by atoms with Crippen LogP contribution in [0.2, 0.25) is 0 Å². The molecule has 0 saturated heterocycles. The maximum absolute atomic E-state index is 13.8. The number of imidazole rings is 1. The van der Waals surface area contributed by atoms with Crippen LogP contribution in [0.3, 0.4) is 0 Å². The molecular formula is C13H15F2N3. The predicted molar refractivity (Wildman–Crippen MR) is 65.1 cm³/mol. The van der Waals surface area contributed by atoms with Gasteiger partial charge in [0.1, 0.15) is 5.82 Å². The lowest BCUT2D eigenvalue weighted by atomic mass is 10.1. The second-order valence-electron chi connectivity index (χ2n) is 4.00. The zero-order chi connectivity index (χ0) is 13.0. The number of hydrogen-bond acceptors (Lipinski definition) is 2. The zero-order valence-electron chi connectivity index (χ0n) is 10.1. The average molecular weight is 251 g/mol. The van der Waals surface area contributed by atoms with Crippen molar-refractivity contribution in [2.75, 3.05) is 6.54 Å². The van der Waals surface area contributed by atoms with Gasteiger partial charge < -0.3 is 10.3 Å². The van der Waals surface area contributed by atoms with Crippen LogP contribution in [-0.2, 0) is 0 Å². The first-order valence-corrected chi connectivity index (χ1v) is 5.90. The molecule has 0 aliphatic rings. The Morgan fingerprint density at radius 3 is 2.89 bits per heavy atom. The van der Waals surface area contributed by atoms with Gasteiger partial charge in [0.05, 0.1) is 6.04 Å². The quantitative estimate of drug-likeness (QED) is 0.857. The van der Waals surface area contributed by atoms with Crippen molar-refractivity contribution in [2.24, 2.45) is 0 Å². The maximum Gasteiger partial charge on any atom is 0.164 e. The highest BCUT2D eigenvalue weighted by Gasteiger charge is 2.21. The Kier molecular flexibility index (Phi) is 4.04. The van der Waals surface area contributed by atoms with E-state index in [0.717, 1.165) is 12.5 Å².